The van der Waals surface area contributed by atoms with Crippen LogP contribution in [-0.4, -0.2) is 16.0 Å². The highest BCUT2D eigenvalue weighted by Crippen LogP contribution is 2.15. The van der Waals surface area contributed by atoms with Crippen LogP contribution in [0.1, 0.15) is 77.2 Å². The van der Waals surface area contributed by atoms with E-state index in [1.165, 1.54) is 32.1 Å². The van der Waals surface area contributed by atoms with Gasteiger partial charge in [-0.1, -0.05) is 46.5 Å². The van der Waals surface area contributed by atoms with E-state index in [-0.39, 0.29) is 0 Å². The minimum absolute atomic E-state index is 0.375. The van der Waals surface area contributed by atoms with Gasteiger partial charge in [0.25, 0.3) is 0 Å². The summed E-state index contributed by atoms with van der Waals surface area (Å²) in [6.07, 6.45) is 6.48. The van der Waals surface area contributed by atoms with Crippen LogP contribution in [-0.2, 0) is 0 Å². The Morgan fingerprint density at radius 3 is 2.47 bits per heavy atom. The largest absolute Gasteiger partial charge is 0.368 e. The molecule has 3 heteroatoms. The van der Waals surface area contributed by atoms with Crippen LogP contribution >= 0.6 is 0 Å². The highest BCUT2D eigenvalue weighted by molar-refractivity contribution is 5.37. The topological polar surface area (TPSA) is 37.8 Å². The standard InChI is InChI=1S/C16H29N3/c1-6-7-8-9-10-13(4)17-15-11-14(5)18-16(19-15)12(2)3/h11-13H,6-10H2,1-5H3,(H,17,18,19). The van der Waals surface area contributed by atoms with Gasteiger partial charge in [-0.25, -0.2) is 9.97 Å². The molecule has 0 radical (unpaired) electrons. The number of unbranched alkanes of at least 4 members (excludes halogenated alkanes) is 3. The van der Waals surface area contributed by atoms with Crippen LogP contribution in [0.15, 0.2) is 6.07 Å². The molecule has 0 saturated carbocycles. The molecule has 0 aliphatic rings. The van der Waals surface area contributed by atoms with Crippen LogP contribution in [0.25, 0.3) is 0 Å². The Kier molecular flexibility index (Phi) is 6.82. The first-order valence-electron chi connectivity index (χ1n) is 7.65. The molecular weight excluding hydrogens is 234 g/mol. The molecular formula is C16H29N3. The van der Waals surface area contributed by atoms with E-state index in [4.69, 9.17) is 0 Å². The lowest BCUT2D eigenvalue weighted by molar-refractivity contribution is 0.592. The quantitative estimate of drug-likeness (QED) is 0.692. The predicted molar refractivity (Wildman–Crippen MR) is 82.7 cm³/mol. The monoisotopic (exact) mass is 263 g/mol. The molecule has 1 aromatic heterocycles. The molecule has 1 rings (SSSR count). The van der Waals surface area contributed by atoms with Crippen molar-refractivity contribution in [1.82, 2.24) is 9.97 Å². The number of nitrogens with one attached hydrogen (secondary N) is 1. The number of hydrogen-bond acceptors (Lipinski definition) is 3. The minimum atomic E-state index is 0.375. The van der Waals surface area contributed by atoms with Gasteiger partial charge >= 0.3 is 0 Å². The summed E-state index contributed by atoms with van der Waals surface area (Å²) >= 11 is 0. The summed E-state index contributed by atoms with van der Waals surface area (Å²) in [5, 5.41) is 3.50. The maximum Gasteiger partial charge on any atom is 0.133 e. The summed E-state index contributed by atoms with van der Waals surface area (Å²) in [4.78, 5) is 9.07. The first kappa shape index (κ1) is 15.9. The highest BCUT2D eigenvalue weighted by atomic mass is 15.0. The van der Waals surface area contributed by atoms with Crippen LogP contribution in [0.3, 0.4) is 0 Å². The average Bonchev–Trinajstić information content (AvgIpc) is 2.34. The van der Waals surface area contributed by atoms with Crippen molar-refractivity contribution in [3.8, 4) is 0 Å². The van der Waals surface area contributed by atoms with Crippen molar-refractivity contribution in [2.45, 2.75) is 78.7 Å². The summed E-state index contributed by atoms with van der Waals surface area (Å²) in [6, 6.07) is 2.51. The van der Waals surface area contributed by atoms with E-state index >= 15 is 0 Å². The van der Waals surface area contributed by atoms with Crippen molar-refractivity contribution in [3.05, 3.63) is 17.6 Å². The van der Waals surface area contributed by atoms with E-state index in [2.05, 4.69) is 43.0 Å². The fraction of sp³-hybridized carbons (Fsp3) is 0.750. The number of nitrogens with zero attached hydrogens (tertiary/aromatic N) is 2. The Balaban J connectivity index is 2.51. The summed E-state index contributed by atoms with van der Waals surface area (Å²) in [7, 11) is 0. The van der Waals surface area contributed by atoms with Crippen LogP contribution in [0.2, 0.25) is 0 Å². The highest BCUT2D eigenvalue weighted by Gasteiger charge is 2.08. The third-order valence-corrected chi connectivity index (χ3v) is 3.27. The van der Waals surface area contributed by atoms with E-state index in [0.29, 0.717) is 12.0 Å². The fourth-order valence-electron chi connectivity index (χ4n) is 2.13. The lowest BCUT2D eigenvalue weighted by Crippen LogP contribution is -2.17. The van der Waals surface area contributed by atoms with Crippen molar-refractivity contribution in [1.29, 1.82) is 0 Å². The normalized spacial score (nSPS) is 12.7. The van der Waals surface area contributed by atoms with Gasteiger partial charge in [0.05, 0.1) is 0 Å². The molecule has 1 N–H and O–H groups in total. The molecule has 0 aliphatic carbocycles. The first-order chi connectivity index (χ1) is 9.02. The second kappa shape index (κ2) is 8.13. The summed E-state index contributed by atoms with van der Waals surface area (Å²) < 4.78 is 0. The van der Waals surface area contributed by atoms with Crippen molar-refractivity contribution in [2.24, 2.45) is 0 Å². The smallest absolute Gasteiger partial charge is 0.133 e. The molecule has 0 amide bonds. The summed E-state index contributed by atoms with van der Waals surface area (Å²) in [5.41, 5.74) is 1.04. The molecule has 0 aliphatic heterocycles. The minimum Gasteiger partial charge on any atom is -0.368 e. The number of hydrogen-bond donors (Lipinski definition) is 1. The van der Waals surface area contributed by atoms with Crippen molar-refractivity contribution >= 4 is 5.82 Å². The predicted octanol–water partition coefficient (Wildman–Crippen LogP) is 4.68. The Morgan fingerprint density at radius 1 is 1.11 bits per heavy atom. The number of rotatable bonds is 8. The fourth-order valence-corrected chi connectivity index (χ4v) is 2.13. The second-order valence-corrected chi connectivity index (χ2v) is 5.80. The van der Waals surface area contributed by atoms with Gasteiger partial charge in [0, 0.05) is 23.7 Å². The summed E-state index contributed by atoms with van der Waals surface area (Å²) in [6.45, 7) is 10.8. The third kappa shape index (κ3) is 6.04. The van der Waals surface area contributed by atoms with E-state index < -0.39 is 0 Å². The Bertz CT molecular complexity index is 374. The molecule has 0 bridgehead atoms. The zero-order valence-corrected chi connectivity index (χ0v) is 13.2. The number of aryl methyl sites for hydroxylation is 1. The number of aromatic nitrogens is 2. The van der Waals surface area contributed by atoms with Gasteiger partial charge in [0.1, 0.15) is 11.6 Å². The molecule has 19 heavy (non-hydrogen) atoms. The van der Waals surface area contributed by atoms with Crippen LogP contribution in [0, 0.1) is 6.92 Å². The van der Waals surface area contributed by atoms with Gasteiger partial charge < -0.3 is 5.32 Å². The molecule has 0 fully saturated rings. The van der Waals surface area contributed by atoms with Gasteiger partial charge in [-0.3, -0.25) is 0 Å². The van der Waals surface area contributed by atoms with Gasteiger partial charge in [0.15, 0.2) is 0 Å². The lowest BCUT2D eigenvalue weighted by atomic mass is 10.1. The Hall–Kier alpha value is -1.12. The third-order valence-electron chi connectivity index (χ3n) is 3.27. The van der Waals surface area contributed by atoms with Gasteiger partial charge in [-0.2, -0.15) is 0 Å². The van der Waals surface area contributed by atoms with Crippen LogP contribution in [0.4, 0.5) is 5.82 Å². The van der Waals surface area contributed by atoms with Gasteiger partial charge in [-0.05, 0) is 20.3 Å². The van der Waals surface area contributed by atoms with Crippen LogP contribution in [0.5, 0.6) is 0 Å². The molecule has 0 saturated heterocycles. The molecule has 0 aromatic carbocycles. The molecule has 108 valence electrons. The zero-order valence-electron chi connectivity index (χ0n) is 13.2. The molecule has 1 heterocycles. The SMILES string of the molecule is CCCCCCC(C)Nc1cc(C)nc(C(C)C)n1. The first-order valence-corrected chi connectivity index (χ1v) is 7.65. The van der Waals surface area contributed by atoms with Crippen molar-refractivity contribution < 1.29 is 0 Å². The lowest BCUT2D eigenvalue weighted by Gasteiger charge is -2.16. The maximum atomic E-state index is 4.60. The number of anilines is 1. The van der Waals surface area contributed by atoms with Crippen LogP contribution < -0.4 is 5.32 Å². The second-order valence-electron chi connectivity index (χ2n) is 5.80. The molecule has 3 nitrogen and oxygen atoms in total. The van der Waals surface area contributed by atoms with Crippen molar-refractivity contribution in [3.63, 3.8) is 0 Å². The van der Waals surface area contributed by atoms with E-state index in [9.17, 15) is 0 Å². The molecule has 1 unspecified atom stereocenters. The molecule has 1 aromatic rings. The Labute approximate surface area is 118 Å². The maximum absolute atomic E-state index is 4.60. The van der Waals surface area contributed by atoms with E-state index in [1.54, 1.807) is 0 Å². The zero-order chi connectivity index (χ0) is 14.3. The summed E-state index contributed by atoms with van der Waals surface area (Å²) in [5.74, 6) is 2.28. The molecule has 1 atom stereocenters. The average molecular weight is 263 g/mol. The Morgan fingerprint density at radius 2 is 1.84 bits per heavy atom. The van der Waals surface area contributed by atoms with E-state index in [0.717, 1.165) is 17.3 Å². The van der Waals surface area contributed by atoms with Gasteiger partial charge in [-0.15, -0.1) is 0 Å². The van der Waals surface area contributed by atoms with Gasteiger partial charge in [0.2, 0.25) is 0 Å². The van der Waals surface area contributed by atoms with Crippen molar-refractivity contribution in [2.75, 3.05) is 5.32 Å². The van der Waals surface area contributed by atoms with E-state index in [1.807, 2.05) is 13.0 Å². The molecule has 0 spiro atoms.